The molecule has 0 aliphatic carbocycles. The molecule has 0 aromatic carbocycles. The highest BCUT2D eigenvalue weighted by Gasteiger charge is 2.24. The van der Waals surface area contributed by atoms with Crippen LogP contribution in [0.2, 0.25) is 0 Å². The number of anilines is 1. The molecule has 1 saturated heterocycles. The topological polar surface area (TPSA) is 100 Å². The zero-order valence-electron chi connectivity index (χ0n) is 13.8. The van der Waals surface area contributed by atoms with Gasteiger partial charge in [0.25, 0.3) is 0 Å². The van der Waals surface area contributed by atoms with E-state index in [1.165, 1.54) is 6.20 Å². The van der Waals surface area contributed by atoms with Gasteiger partial charge in [-0.15, -0.1) is 0 Å². The molecule has 8 nitrogen and oxygen atoms in total. The number of fused-ring (bicyclic) bond motifs is 1. The van der Waals surface area contributed by atoms with Gasteiger partial charge in [-0.25, -0.2) is 14.5 Å². The fourth-order valence-corrected chi connectivity index (χ4v) is 3.12. The van der Waals surface area contributed by atoms with Crippen LogP contribution in [0.5, 0.6) is 0 Å². The van der Waals surface area contributed by atoms with Crippen LogP contribution in [0, 0.1) is 0 Å². The Kier molecular flexibility index (Phi) is 4.37. The second-order valence-corrected chi connectivity index (χ2v) is 5.97. The fourth-order valence-electron chi connectivity index (χ4n) is 3.12. The minimum Gasteiger partial charge on any atom is -0.478 e. The molecule has 8 heteroatoms. The summed E-state index contributed by atoms with van der Waals surface area (Å²) in [6, 6.07) is 0.120. The van der Waals surface area contributed by atoms with Crippen molar-refractivity contribution in [1.82, 2.24) is 19.7 Å². The average Bonchev–Trinajstić information content (AvgIpc) is 2.99. The Morgan fingerprint density at radius 2 is 2.04 bits per heavy atom. The third-order valence-corrected chi connectivity index (χ3v) is 4.48. The summed E-state index contributed by atoms with van der Waals surface area (Å²) in [6.45, 7) is 5.56. The van der Waals surface area contributed by atoms with Crippen LogP contribution in [0.3, 0.4) is 0 Å². The molecule has 24 heavy (non-hydrogen) atoms. The quantitative estimate of drug-likeness (QED) is 0.882. The van der Waals surface area contributed by atoms with Gasteiger partial charge < -0.3 is 15.3 Å². The molecule has 1 aliphatic rings. The molecule has 2 aromatic heterocycles. The van der Waals surface area contributed by atoms with Crippen LogP contribution in [0.4, 0.5) is 5.69 Å². The van der Waals surface area contributed by atoms with E-state index < -0.39 is 5.97 Å². The molecule has 3 rings (SSSR count). The number of nitrogens with one attached hydrogen (secondary N) is 1. The number of carboxylic acids is 1. The van der Waals surface area contributed by atoms with Crippen molar-refractivity contribution in [3.05, 3.63) is 18.0 Å². The van der Waals surface area contributed by atoms with E-state index in [2.05, 4.69) is 15.4 Å². The molecule has 0 saturated carbocycles. The third kappa shape index (κ3) is 2.91. The Morgan fingerprint density at radius 1 is 1.33 bits per heavy atom. The molecule has 1 aliphatic heterocycles. The first-order chi connectivity index (χ1) is 11.5. The van der Waals surface area contributed by atoms with Crippen LogP contribution in [-0.4, -0.2) is 55.8 Å². The number of aryl methyl sites for hydroxylation is 1. The normalized spacial score (nSPS) is 15.7. The maximum atomic E-state index is 11.6. The minimum atomic E-state index is -1.02. The number of hydrogen-bond acceptors (Lipinski definition) is 5. The smallest absolute Gasteiger partial charge is 0.339 e. The lowest BCUT2D eigenvalue weighted by Gasteiger charge is -2.32. The van der Waals surface area contributed by atoms with Gasteiger partial charge in [0.1, 0.15) is 5.56 Å². The summed E-state index contributed by atoms with van der Waals surface area (Å²) in [4.78, 5) is 29.1. The number of aromatic carboxylic acids is 1. The van der Waals surface area contributed by atoms with Crippen LogP contribution in [0.1, 0.15) is 37.0 Å². The van der Waals surface area contributed by atoms with Crippen LogP contribution in [0.25, 0.3) is 11.0 Å². The van der Waals surface area contributed by atoms with Gasteiger partial charge in [-0.1, -0.05) is 0 Å². The summed E-state index contributed by atoms with van der Waals surface area (Å²) in [6.07, 6.45) is 4.60. The van der Waals surface area contributed by atoms with Crippen LogP contribution >= 0.6 is 0 Å². The number of likely N-dealkylation sites (tertiary alicyclic amines) is 1. The number of hydrogen-bond donors (Lipinski definition) is 2. The number of piperidine rings is 1. The van der Waals surface area contributed by atoms with Gasteiger partial charge in [0.15, 0.2) is 5.65 Å². The Hall–Kier alpha value is -2.64. The van der Waals surface area contributed by atoms with E-state index in [9.17, 15) is 14.7 Å². The second-order valence-electron chi connectivity index (χ2n) is 5.97. The van der Waals surface area contributed by atoms with Gasteiger partial charge in [0.2, 0.25) is 5.91 Å². The highest BCUT2D eigenvalue weighted by atomic mass is 16.4. The van der Waals surface area contributed by atoms with Crippen LogP contribution < -0.4 is 5.32 Å². The molecule has 2 N–H and O–H groups in total. The predicted octanol–water partition coefficient (Wildman–Crippen LogP) is 1.57. The molecule has 1 amide bonds. The maximum absolute atomic E-state index is 11.6. The SMILES string of the molecule is CCn1ncc2c(NC3CCN(C(C)=O)CC3)c(C(=O)O)cnc21. The monoisotopic (exact) mass is 331 g/mol. The zero-order chi connectivity index (χ0) is 17.3. The highest BCUT2D eigenvalue weighted by molar-refractivity contribution is 6.03. The van der Waals surface area contributed by atoms with E-state index in [1.807, 2.05) is 11.8 Å². The zero-order valence-corrected chi connectivity index (χ0v) is 13.8. The van der Waals surface area contributed by atoms with E-state index in [0.29, 0.717) is 36.4 Å². The van der Waals surface area contributed by atoms with Gasteiger partial charge in [0.05, 0.1) is 17.3 Å². The summed E-state index contributed by atoms with van der Waals surface area (Å²) in [7, 11) is 0. The Balaban J connectivity index is 1.90. The van der Waals surface area contributed by atoms with Crippen molar-refractivity contribution >= 4 is 28.6 Å². The summed E-state index contributed by atoms with van der Waals surface area (Å²) in [5, 5.41) is 17.8. The van der Waals surface area contributed by atoms with Crippen molar-refractivity contribution in [2.24, 2.45) is 0 Å². The lowest BCUT2D eigenvalue weighted by atomic mass is 10.0. The number of carbonyl (C=O) groups excluding carboxylic acids is 1. The third-order valence-electron chi connectivity index (χ3n) is 4.48. The number of amides is 1. The molecule has 2 aromatic rings. The molecule has 0 bridgehead atoms. The molecule has 0 unspecified atom stereocenters. The number of pyridine rings is 1. The van der Waals surface area contributed by atoms with E-state index in [0.717, 1.165) is 12.8 Å². The highest BCUT2D eigenvalue weighted by Crippen LogP contribution is 2.28. The number of carbonyl (C=O) groups is 2. The first-order valence-corrected chi connectivity index (χ1v) is 8.11. The first-order valence-electron chi connectivity index (χ1n) is 8.11. The van der Waals surface area contributed by atoms with Gasteiger partial charge in [0, 0.05) is 38.8 Å². The van der Waals surface area contributed by atoms with Gasteiger partial charge in [-0.05, 0) is 19.8 Å². The molecule has 3 heterocycles. The summed E-state index contributed by atoms with van der Waals surface area (Å²) >= 11 is 0. The van der Waals surface area contributed by atoms with Gasteiger partial charge in [-0.3, -0.25) is 4.79 Å². The molecule has 0 atom stereocenters. The Morgan fingerprint density at radius 3 is 2.62 bits per heavy atom. The lowest BCUT2D eigenvalue weighted by Crippen LogP contribution is -2.41. The summed E-state index contributed by atoms with van der Waals surface area (Å²) in [5.74, 6) is -0.937. The molecular formula is C16H21N5O3. The average molecular weight is 331 g/mol. The van der Waals surface area contributed by atoms with E-state index >= 15 is 0 Å². The predicted molar refractivity (Wildman–Crippen MR) is 89.1 cm³/mol. The number of carboxylic acid groups (broad SMARTS) is 1. The summed E-state index contributed by atoms with van der Waals surface area (Å²) < 4.78 is 1.74. The molecule has 0 spiro atoms. The molecule has 128 valence electrons. The Bertz CT molecular complexity index is 777. The minimum absolute atomic E-state index is 0.0789. The van der Waals surface area contributed by atoms with Crippen molar-refractivity contribution in [3.63, 3.8) is 0 Å². The number of aromatic nitrogens is 3. The van der Waals surface area contributed by atoms with Crippen molar-refractivity contribution in [1.29, 1.82) is 0 Å². The lowest BCUT2D eigenvalue weighted by molar-refractivity contribution is -0.129. The van der Waals surface area contributed by atoms with Crippen LogP contribution in [0.15, 0.2) is 12.4 Å². The molecule has 1 fully saturated rings. The molecule has 0 radical (unpaired) electrons. The van der Waals surface area contributed by atoms with Gasteiger partial charge >= 0.3 is 5.97 Å². The van der Waals surface area contributed by atoms with E-state index in [4.69, 9.17) is 0 Å². The Labute approximate surface area is 139 Å². The number of nitrogens with zero attached hydrogens (tertiary/aromatic N) is 4. The first kappa shape index (κ1) is 16.2. The van der Waals surface area contributed by atoms with E-state index in [1.54, 1.807) is 17.8 Å². The largest absolute Gasteiger partial charge is 0.478 e. The van der Waals surface area contributed by atoms with Gasteiger partial charge in [-0.2, -0.15) is 5.10 Å². The van der Waals surface area contributed by atoms with Crippen molar-refractivity contribution in [2.45, 2.75) is 39.3 Å². The van der Waals surface area contributed by atoms with E-state index in [-0.39, 0.29) is 17.5 Å². The van der Waals surface area contributed by atoms with Crippen molar-refractivity contribution < 1.29 is 14.7 Å². The number of rotatable bonds is 4. The maximum Gasteiger partial charge on any atom is 0.339 e. The summed E-state index contributed by atoms with van der Waals surface area (Å²) in [5.41, 5.74) is 1.38. The molecular weight excluding hydrogens is 310 g/mol. The fraction of sp³-hybridized carbons (Fsp3) is 0.500. The van der Waals surface area contributed by atoms with Crippen molar-refractivity contribution in [3.8, 4) is 0 Å². The van der Waals surface area contributed by atoms with Crippen molar-refractivity contribution in [2.75, 3.05) is 18.4 Å². The standard InChI is InChI=1S/C16H21N5O3/c1-3-21-15-12(9-18-21)14(13(8-17-15)16(23)24)19-11-4-6-20(7-5-11)10(2)22/h8-9,11H,3-7H2,1-2H3,(H,17,19)(H,23,24). The van der Waals surface area contributed by atoms with Crippen LogP contribution in [-0.2, 0) is 11.3 Å². The second kappa shape index (κ2) is 6.46.